The first kappa shape index (κ1) is 18.9. The maximum Gasteiger partial charge on any atom is 0.311 e. The number of sulfonamides is 1. The van der Waals surface area contributed by atoms with E-state index in [2.05, 4.69) is 5.32 Å². The van der Waals surface area contributed by atoms with Gasteiger partial charge in [0, 0.05) is 19.2 Å². The first-order chi connectivity index (χ1) is 12.8. The zero-order valence-electron chi connectivity index (χ0n) is 14.8. The number of hydrogen-bond acceptors (Lipinski definition) is 4. The Labute approximate surface area is 157 Å². The number of carboxylic acids is 1. The number of hydrogen-bond donors (Lipinski definition) is 2. The van der Waals surface area contributed by atoms with Crippen LogP contribution in [0.1, 0.15) is 23.2 Å². The molecule has 0 saturated heterocycles. The third-order valence-corrected chi connectivity index (χ3v) is 6.59. The smallest absolute Gasteiger partial charge is 0.311 e. The van der Waals surface area contributed by atoms with Crippen molar-refractivity contribution < 1.29 is 23.1 Å². The number of anilines is 1. The van der Waals surface area contributed by atoms with Gasteiger partial charge in [-0.3, -0.25) is 13.9 Å². The van der Waals surface area contributed by atoms with Crippen molar-refractivity contribution in [1.29, 1.82) is 0 Å². The van der Waals surface area contributed by atoms with Gasteiger partial charge in [-0.1, -0.05) is 18.2 Å². The molecule has 2 N–H and O–H groups in total. The molecule has 0 aromatic heterocycles. The van der Waals surface area contributed by atoms with Crippen molar-refractivity contribution in [3.63, 3.8) is 0 Å². The van der Waals surface area contributed by atoms with Crippen molar-refractivity contribution in [1.82, 2.24) is 5.32 Å². The minimum atomic E-state index is -3.75. The second-order valence-electron chi connectivity index (χ2n) is 6.60. The Kier molecular flexibility index (Phi) is 4.93. The van der Waals surface area contributed by atoms with E-state index < -0.39 is 27.3 Å². The molecule has 27 heavy (non-hydrogen) atoms. The Hall–Kier alpha value is -2.87. The normalized spacial score (nSPS) is 15.0. The summed E-state index contributed by atoms with van der Waals surface area (Å²) in [7, 11) is -2.28. The summed E-state index contributed by atoms with van der Waals surface area (Å²) >= 11 is 0. The molecule has 0 radical (unpaired) electrons. The number of aliphatic carboxylic acids is 1. The summed E-state index contributed by atoms with van der Waals surface area (Å²) in [6.45, 7) is 0.0674. The predicted molar refractivity (Wildman–Crippen MR) is 100 cm³/mol. The zero-order chi connectivity index (χ0) is 19.7. The quantitative estimate of drug-likeness (QED) is 0.756. The summed E-state index contributed by atoms with van der Waals surface area (Å²) in [5.41, 5.74) is -0.0441. The van der Waals surface area contributed by atoms with Crippen LogP contribution in [-0.2, 0) is 14.8 Å². The highest BCUT2D eigenvalue weighted by molar-refractivity contribution is 7.92. The number of carboxylic acid groups (broad SMARTS) is 1. The number of nitrogens with one attached hydrogen (secondary N) is 1. The van der Waals surface area contributed by atoms with Gasteiger partial charge in [0.25, 0.3) is 15.9 Å². The molecule has 0 bridgehead atoms. The van der Waals surface area contributed by atoms with Crippen LogP contribution in [0.15, 0.2) is 59.5 Å². The Bertz CT molecular complexity index is 951. The Balaban J connectivity index is 1.71. The van der Waals surface area contributed by atoms with Crippen molar-refractivity contribution >= 4 is 27.6 Å². The molecule has 0 unspecified atom stereocenters. The van der Waals surface area contributed by atoms with Crippen LogP contribution in [0.4, 0.5) is 5.69 Å². The second kappa shape index (κ2) is 7.03. The van der Waals surface area contributed by atoms with Gasteiger partial charge >= 0.3 is 5.97 Å². The lowest BCUT2D eigenvalue weighted by molar-refractivity contribution is -0.143. The molecule has 1 amide bonds. The van der Waals surface area contributed by atoms with Crippen LogP contribution >= 0.6 is 0 Å². The minimum Gasteiger partial charge on any atom is -0.481 e. The molecule has 8 heteroatoms. The van der Waals surface area contributed by atoms with E-state index in [1.165, 1.54) is 35.6 Å². The highest BCUT2D eigenvalue weighted by Gasteiger charge is 2.50. The van der Waals surface area contributed by atoms with Gasteiger partial charge < -0.3 is 10.4 Å². The largest absolute Gasteiger partial charge is 0.481 e. The van der Waals surface area contributed by atoms with Crippen molar-refractivity contribution in [3.8, 4) is 0 Å². The molecule has 142 valence electrons. The fourth-order valence-corrected chi connectivity index (χ4v) is 3.88. The molecular weight excluding hydrogens is 368 g/mol. The molecule has 1 aliphatic carbocycles. The monoisotopic (exact) mass is 388 g/mol. The zero-order valence-corrected chi connectivity index (χ0v) is 15.6. The van der Waals surface area contributed by atoms with Crippen LogP contribution in [0.3, 0.4) is 0 Å². The molecule has 0 heterocycles. The Morgan fingerprint density at radius 3 is 2.19 bits per heavy atom. The van der Waals surface area contributed by atoms with Crippen molar-refractivity contribution in [2.24, 2.45) is 5.41 Å². The summed E-state index contributed by atoms with van der Waals surface area (Å²) in [5, 5.41) is 11.7. The van der Waals surface area contributed by atoms with Gasteiger partial charge in [0.1, 0.15) is 0 Å². The summed E-state index contributed by atoms with van der Waals surface area (Å²) in [6, 6.07) is 14.2. The van der Waals surface area contributed by atoms with Crippen molar-refractivity contribution in [3.05, 3.63) is 60.2 Å². The summed E-state index contributed by atoms with van der Waals surface area (Å²) in [6.07, 6.45) is 1.09. The van der Waals surface area contributed by atoms with Gasteiger partial charge in [-0.15, -0.1) is 0 Å². The Morgan fingerprint density at radius 2 is 1.67 bits per heavy atom. The average Bonchev–Trinajstić information content (AvgIpc) is 3.47. The molecule has 1 fully saturated rings. The van der Waals surface area contributed by atoms with Gasteiger partial charge in [0.2, 0.25) is 0 Å². The van der Waals surface area contributed by atoms with Gasteiger partial charge in [-0.2, -0.15) is 0 Å². The van der Waals surface area contributed by atoms with E-state index in [-0.39, 0.29) is 17.0 Å². The number of rotatable bonds is 7. The molecule has 2 aromatic rings. The predicted octanol–water partition coefficient (Wildman–Crippen LogP) is 2.11. The molecule has 1 saturated carbocycles. The van der Waals surface area contributed by atoms with Crippen LogP contribution in [0.5, 0.6) is 0 Å². The molecule has 0 spiro atoms. The van der Waals surface area contributed by atoms with Crippen LogP contribution in [0.25, 0.3) is 0 Å². The number of carbonyl (C=O) groups is 2. The highest BCUT2D eigenvalue weighted by Crippen LogP contribution is 2.45. The first-order valence-electron chi connectivity index (χ1n) is 8.42. The number of benzene rings is 2. The molecule has 0 aliphatic heterocycles. The Morgan fingerprint density at radius 1 is 1.07 bits per heavy atom. The van der Waals surface area contributed by atoms with Crippen LogP contribution in [-0.4, -0.2) is 39.0 Å². The second-order valence-corrected chi connectivity index (χ2v) is 8.57. The molecule has 7 nitrogen and oxygen atoms in total. The van der Waals surface area contributed by atoms with E-state index in [1.807, 2.05) is 0 Å². The van der Waals surface area contributed by atoms with Gasteiger partial charge in [0.15, 0.2) is 0 Å². The van der Waals surface area contributed by atoms with E-state index in [0.29, 0.717) is 18.5 Å². The third-order valence-electron chi connectivity index (χ3n) is 4.79. The van der Waals surface area contributed by atoms with Gasteiger partial charge in [-0.05, 0) is 49.2 Å². The topological polar surface area (TPSA) is 104 Å². The first-order valence-corrected chi connectivity index (χ1v) is 9.86. The van der Waals surface area contributed by atoms with E-state index in [1.54, 1.807) is 30.3 Å². The maximum atomic E-state index is 12.7. The van der Waals surface area contributed by atoms with Crippen LogP contribution < -0.4 is 9.62 Å². The minimum absolute atomic E-state index is 0.0644. The van der Waals surface area contributed by atoms with Gasteiger partial charge in [0.05, 0.1) is 16.0 Å². The molecular formula is C19H20N2O5S. The molecule has 0 atom stereocenters. The molecule has 2 aromatic carbocycles. The number of amides is 1. The number of carbonyl (C=O) groups excluding carboxylic acids is 1. The maximum absolute atomic E-state index is 12.7. The van der Waals surface area contributed by atoms with E-state index in [9.17, 15) is 18.0 Å². The molecule has 3 rings (SSSR count). The van der Waals surface area contributed by atoms with E-state index >= 15 is 0 Å². The lowest BCUT2D eigenvalue weighted by Crippen LogP contribution is -2.34. The van der Waals surface area contributed by atoms with E-state index in [0.717, 1.165) is 0 Å². The van der Waals surface area contributed by atoms with Crippen molar-refractivity contribution in [2.45, 2.75) is 17.7 Å². The standard InChI is InChI=1S/C19H20N2O5S/c1-21(15-5-3-2-4-6-15)27(25,26)16-9-7-14(8-10-16)17(22)20-13-19(11-12-19)18(23)24/h2-10H,11-13H2,1H3,(H,20,22)(H,23,24). The summed E-state index contributed by atoms with van der Waals surface area (Å²) < 4.78 is 26.6. The van der Waals surface area contributed by atoms with Gasteiger partial charge in [-0.25, -0.2) is 8.42 Å². The third kappa shape index (κ3) is 3.80. The fourth-order valence-electron chi connectivity index (χ4n) is 2.68. The SMILES string of the molecule is CN(c1ccccc1)S(=O)(=O)c1ccc(C(=O)NCC2(C(=O)O)CC2)cc1. The lowest BCUT2D eigenvalue weighted by Gasteiger charge is -2.19. The average molecular weight is 388 g/mol. The number of para-hydroxylation sites is 1. The fraction of sp³-hybridized carbons (Fsp3) is 0.263. The number of nitrogens with zero attached hydrogens (tertiary/aromatic N) is 1. The van der Waals surface area contributed by atoms with Crippen LogP contribution in [0, 0.1) is 5.41 Å². The summed E-state index contributed by atoms with van der Waals surface area (Å²) in [5.74, 6) is -1.34. The van der Waals surface area contributed by atoms with Crippen LogP contribution in [0.2, 0.25) is 0 Å². The van der Waals surface area contributed by atoms with E-state index in [4.69, 9.17) is 5.11 Å². The summed E-state index contributed by atoms with van der Waals surface area (Å²) in [4.78, 5) is 23.4. The highest BCUT2D eigenvalue weighted by atomic mass is 32.2. The van der Waals surface area contributed by atoms with Crippen molar-refractivity contribution in [2.75, 3.05) is 17.9 Å². The molecule has 1 aliphatic rings. The lowest BCUT2D eigenvalue weighted by atomic mass is 10.1.